The molecule has 210 valence electrons. The molecule has 0 radical (unpaired) electrons. The van der Waals surface area contributed by atoms with E-state index in [0.29, 0.717) is 37.1 Å². The maximum absolute atomic E-state index is 13.5. The largest absolute Gasteiger partial charge is 0.443 e. The predicted molar refractivity (Wildman–Crippen MR) is 112 cm³/mol. The average molecular weight is 584 g/mol. The molecule has 5 aromatic rings. The van der Waals surface area contributed by atoms with E-state index in [2.05, 4.69) is 9.97 Å². The molecule has 0 fully saturated rings. The van der Waals surface area contributed by atoms with Gasteiger partial charge in [-0.2, -0.15) is 52.7 Å². The van der Waals surface area contributed by atoms with Crippen LogP contribution < -0.4 is 0 Å². The van der Waals surface area contributed by atoms with Gasteiger partial charge in [0.05, 0.1) is 33.4 Å². The van der Waals surface area contributed by atoms with Crippen LogP contribution >= 0.6 is 0 Å². The fourth-order valence-corrected chi connectivity index (χ4v) is 4.15. The molecule has 4 nitrogen and oxygen atoms in total. The first-order chi connectivity index (χ1) is 18.4. The summed E-state index contributed by atoms with van der Waals surface area (Å²) in [5.41, 5.74) is -11.4. The van der Waals surface area contributed by atoms with Gasteiger partial charge in [-0.25, -0.2) is 9.97 Å². The SMILES string of the molecule is FC(F)(F)c1cc(-c2c3ncoc3c(-c3cc(C(F)(F)F)cc(C(F)(F)F)c3)c3ncoc23)cc(C(F)(F)F)c1. The number of halogens is 12. The number of fused-ring (bicyclic) bond motifs is 2. The van der Waals surface area contributed by atoms with Crippen LogP contribution in [0.2, 0.25) is 0 Å². The average Bonchev–Trinajstić information content (AvgIpc) is 3.49. The third-order valence-electron chi connectivity index (χ3n) is 5.82. The van der Waals surface area contributed by atoms with E-state index in [9.17, 15) is 52.7 Å². The second kappa shape index (κ2) is 8.63. The molecule has 3 aromatic carbocycles. The quantitative estimate of drug-likeness (QED) is 0.194. The van der Waals surface area contributed by atoms with Gasteiger partial charge in [-0.1, -0.05) is 0 Å². The highest BCUT2D eigenvalue weighted by Crippen LogP contribution is 2.47. The smallest absolute Gasteiger partial charge is 0.416 e. The van der Waals surface area contributed by atoms with E-state index < -0.39 is 91.4 Å². The topological polar surface area (TPSA) is 52.1 Å². The molecule has 0 saturated heterocycles. The van der Waals surface area contributed by atoms with Crippen molar-refractivity contribution in [2.24, 2.45) is 0 Å². The van der Waals surface area contributed by atoms with Gasteiger partial charge in [-0.15, -0.1) is 0 Å². The Bertz CT molecular complexity index is 1510. The van der Waals surface area contributed by atoms with Crippen LogP contribution in [0.3, 0.4) is 0 Å². The van der Waals surface area contributed by atoms with Gasteiger partial charge in [0.15, 0.2) is 24.0 Å². The zero-order valence-corrected chi connectivity index (χ0v) is 18.9. The van der Waals surface area contributed by atoms with E-state index in [0.717, 1.165) is 0 Å². The summed E-state index contributed by atoms with van der Waals surface area (Å²) in [6.07, 6.45) is -19.6. The minimum atomic E-state index is -5.23. The number of rotatable bonds is 2. The summed E-state index contributed by atoms with van der Waals surface area (Å²) in [6.45, 7) is 0. The van der Waals surface area contributed by atoms with Crippen LogP contribution in [0, 0.1) is 0 Å². The highest BCUT2D eigenvalue weighted by molar-refractivity contribution is 6.15. The number of benzene rings is 3. The van der Waals surface area contributed by atoms with E-state index in [-0.39, 0.29) is 12.1 Å². The van der Waals surface area contributed by atoms with E-state index >= 15 is 0 Å². The zero-order valence-electron chi connectivity index (χ0n) is 18.9. The number of nitrogens with zero attached hydrogens (tertiary/aromatic N) is 2. The third-order valence-corrected chi connectivity index (χ3v) is 5.82. The van der Waals surface area contributed by atoms with Crippen LogP contribution in [0.25, 0.3) is 44.5 Å². The lowest BCUT2D eigenvalue weighted by molar-refractivity contribution is -0.144. The molecule has 2 aromatic heterocycles. The summed E-state index contributed by atoms with van der Waals surface area (Å²) in [4.78, 5) is 7.55. The number of alkyl halides is 12. The molecule has 0 saturated carbocycles. The van der Waals surface area contributed by atoms with Crippen molar-refractivity contribution in [2.45, 2.75) is 24.7 Å². The van der Waals surface area contributed by atoms with Gasteiger partial charge >= 0.3 is 24.7 Å². The fourth-order valence-electron chi connectivity index (χ4n) is 4.15. The van der Waals surface area contributed by atoms with Crippen molar-refractivity contribution in [3.05, 3.63) is 71.4 Å². The van der Waals surface area contributed by atoms with Crippen molar-refractivity contribution >= 4 is 22.2 Å². The predicted octanol–water partition coefficient (Wildman–Crippen LogP) is 9.38. The molecule has 0 atom stereocenters. The maximum Gasteiger partial charge on any atom is 0.416 e. The molecule has 0 aliphatic heterocycles. The van der Waals surface area contributed by atoms with Gasteiger partial charge < -0.3 is 8.83 Å². The molecule has 0 aliphatic rings. The number of hydrogen-bond donors (Lipinski definition) is 0. The molecular weight excluding hydrogens is 576 g/mol. The van der Waals surface area contributed by atoms with E-state index in [1.807, 2.05) is 0 Å². The van der Waals surface area contributed by atoms with Crippen molar-refractivity contribution in [3.63, 3.8) is 0 Å². The van der Waals surface area contributed by atoms with Gasteiger partial charge in [-0.3, -0.25) is 0 Å². The van der Waals surface area contributed by atoms with Crippen LogP contribution in [-0.4, -0.2) is 9.97 Å². The van der Waals surface area contributed by atoms with Gasteiger partial charge in [0.25, 0.3) is 0 Å². The Morgan fingerprint density at radius 1 is 0.425 bits per heavy atom. The van der Waals surface area contributed by atoms with Crippen LogP contribution in [0.1, 0.15) is 22.3 Å². The molecule has 5 rings (SSSR count). The fraction of sp³-hybridized carbons (Fsp3) is 0.167. The van der Waals surface area contributed by atoms with Crippen LogP contribution in [0.5, 0.6) is 0 Å². The Hall–Kier alpha value is -4.24. The molecule has 0 N–H and O–H groups in total. The summed E-state index contributed by atoms with van der Waals surface area (Å²) >= 11 is 0. The lowest BCUT2D eigenvalue weighted by Gasteiger charge is -2.16. The number of aromatic nitrogens is 2. The van der Waals surface area contributed by atoms with Crippen LogP contribution in [0.15, 0.2) is 58.0 Å². The minimum absolute atomic E-state index is 0.128. The first kappa shape index (κ1) is 27.3. The first-order valence-corrected chi connectivity index (χ1v) is 10.6. The molecule has 0 amide bonds. The monoisotopic (exact) mass is 584 g/mol. The third kappa shape index (κ3) is 4.70. The Balaban J connectivity index is 1.88. The maximum atomic E-state index is 13.5. The van der Waals surface area contributed by atoms with E-state index in [1.54, 1.807) is 0 Å². The highest BCUT2D eigenvalue weighted by atomic mass is 19.4. The lowest BCUT2D eigenvalue weighted by Crippen LogP contribution is -2.11. The standard InChI is InChI=1S/C24H8F12N2O2/c25-21(26,27)11-1-9(2-12(5-11)22(28,29)30)15-17-20(40-7-37-17)16(18-19(15)39-8-38-18)10-3-13(23(31,32)33)6-14(4-10)24(34,35)36/h1-8H. The first-order valence-electron chi connectivity index (χ1n) is 10.6. The normalized spacial score (nSPS) is 13.5. The molecule has 0 unspecified atom stereocenters. The minimum Gasteiger partial charge on any atom is -0.443 e. The lowest BCUT2D eigenvalue weighted by atomic mass is 9.92. The number of hydrogen-bond acceptors (Lipinski definition) is 4. The summed E-state index contributed by atoms with van der Waals surface area (Å²) in [7, 11) is 0. The molecule has 16 heteroatoms. The zero-order chi connectivity index (χ0) is 29.4. The molecule has 40 heavy (non-hydrogen) atoms. The van der Waals surface area contributed by atoms with Crippen molar-refractivity contribution < 1.29 is 61.5 Å². The second-order valence-corrected chi connectivity index (χ2v) is 8.40. The van der Waals surface area contributed by atoms with Gasteiger partial charge in [0.1, 0.15) is 11.0 Å². The molecule has 2 heterocycles. The van der Waals surface area contributed by atoms with Gasteiger partial charge in [0, 0.05) is 0 Å². The van der Waals surface area contributed by atoms with E-state index in [1.165, 1.54) is 0 Å². The Labute approximate surface area is 212 Å². The van der Waals surface area contributed by atoms with Crippen molar-refractivity contribution in [1.82, 2.24) is 9.97 Å². The molecule has 0 aliphatic carbocycles. The van der Waals surface area contributed by atoms with Crippen molar-refractivity contribution in [1.29, 1.82) is 0 Å². The number of oxazole rings is 2. The molecule has 0 bridgehead atoms. The Morgan fingerprint density at radius 2 is 0.700 bits per heavy atom. The highest BCUT2D eigenvalue weighted by Gasteiger charge is 2.39. The summed E-state index contributed by atoms with van der Waals surface area (Å²) < 4.78 is 172. The van der Waals surface area contributed by atoms with Gasteiger partial charge in [0.2, 0.25) is 0 Å². The van der Waals surface area contributed by atoms with Gasteiger partial charge in [-0.05, 0) is 47.5 Å². The van der Waals surface area contributed by atoms with Crippen LogP contribution in [0.4, 0.5) is 52.7 Å². The second-order valence-electron chi connectivity index (χ2n) is 8.40. The summed E-state index contributed by atoms with van der Waals surface area (Å²) in [5, 5.41) is 0. The van der Waals surface area contributed by atoms with Crippen LogP contribution in [-0.2, 0) is 24.7 Å². The van der Waals surface area contributed by atoms with Crippen molar-refractivity contribution in [2.75, 3.05) is 0 Å². The Morgan fingerprint density at radius 3 is 0.950 bits per heavy atom. The van der Waals surface area contributed by atoms with Crippen molar-refractivity contribution in [3.8, 4) is 22.3 Å². The van der Waals surface area contributed by atoms with E-state index in [4.69, 9.17) is 8.83 Å². The molecular formula is C24H8F12N2O2. The Kier molecular flexibility index (Phi) is 5.90. The summed E-state index contributed by atoms with van der Waals surface area (Å²) in [5.74, 6) is 0. The molecule has 0 spiro atoms. The summed E-state index contributed by atoms with van der Waals surface area (Å²) in [6, 6.07) is 1.16.